The third kappa shape index (κ3) is 4.98. The summed E-state index contributed by atoms with van der Waals surface area (Å²) in [5, 5.41) is 11.3. The van der Waals surface area contributed by atoms with Crippen LogP contribution in [0.5, 0.6) is 5.75 Å². The highest BCUT2D eigenvalue weighted by Crippen LogP contribution is 2.28. The molecule has 0 fully saturated rings. The summed E-state index contributed by atoms with van der Waals surface area (Å²) in [5.74, 6) is -0.0699. The predicted molar refractivity (Wildman–Crippen MR) is 134 cm³/mol. The highest BCUT2D eigenvalue weighted by atomic mass is 31.0. The Morgan fingerprint density at radius 2 is 1.56 bits per heavy atom. The lowest BCUT2D eigenvalue weighted by molar-refractivity contribution is 0.0699. The Morgan fingerprint density at radius 1 is 0.906 bits per heavy atom. The van der Waals surface area contributed by atoms with Crippen LogP contribution in [-0.2, 0) is 0 Å². The van der Waals surface area contributed by atoms with Crippen LogP contribution in [0.4, 0.5) is 0 Å². The van der Waals surface area contributed by atoms with Crippen LogP contribution in [0.2, 0.25) is 0 Å². The molecule has 32 heavy (non-hydrogen) atoms. The number of ether oxygens (including phenoxy) is 1. The van der Waals surface area contributed by atoms with Gasteiger partial charge in [-0.3, -0.25) is 0 Å². The summed E-state index contributed by atoms with van der Waals surface area (Å²) < 4.78 is 5.79. The molecule has 1 heterocycles. The van der Waals surface area contributed by atoms with Crippen molar-refractivity contribution in [2.24, 2.45) is 0 Å². The zero-order chi connectivity index (χ0) is 22.5. The number of hydrogen-bond donors (Lipinski definition) is 1. The second-order valence-corrected chi connectivity index (χ2v) is 8.46. The van der Waals surface area contributed by atoms with Crippen molar-refractivity contribution < 1.29 is 14.6 Å². The Bertz CT molecular complexity index is 1230. The van der Waals surface area contributed by atoms with Gasteiger partial charge in [-0.1, -0.05) is 62.2 Å². The van der Waals surface area contributed by atoms with E-state index in [1.165, 1.54) is 12.8 Å². The van der Waals surface area contributed by atoms with Crippen LogP contribution in [0, 0.1) is 0 Å². The highest BCUT2D eigenvalue weighted by Gasteiger charge is 2.13. The van der Waals surface area contributed by atoms with Crippen LogP contribution in [0.3, 0.4) is 0 Å². The first-order valence-corrected chi connectivity index (χ1v) is 11.4. The lowest BCUT2D eigenvalue weighted by Crippen LogP contribution is -2.02. The monoisotopic (exact) mass is 443 g/mol. The third-order valence-electron chi connectivity index (χ3n) is 5.45. The molecular weight excluding hydrogens is 417 g/mol. The van der Waals surface area contributed by atoms with Crippen molar-refractivity contribution in [3.05, 3.63) is 78.4 Å². The second-order valence-electron chi connectivity index (χ2n) is 7.79. The number of aromatic carboxylic acids is 1. The molecule has 0 radical (unpaired) electrons. The number of benzene rings is 3. The van der Waals surface area contributed by atoms with E-state index in [0.717, 1.165) is 40.8 Å². The quantitative estimate of drug-likeness (QED) is 0.255. The first kappa shape index (κ1) is 22.0. The Balaban J connectivity index is 1.57. The van der Waals surface area contributed by atoms with Crippen molar-refractivity contribution in [1.82, 2.24) is 4.98 Å². The minimum absolute atomic E-state index is 0.257. The number of aromatic nitrogens is 1. The van der Waals surface area contributed by atoms with Gasteiger partial charge in [-0.05, 0) is 53.2 Å². The average molecular weight is 443 g/mol. The number of rotatable bonds is 8. The van der Waals surface area contributed by atoms with E-state index in [1.807, 2.05) is 54.6 Å². The fraction of sp³-hybridized carbons (Fsp3) is 0.185. The summed E-state index contributed by atoms with van der Waals surface area (Å²) in [6.07, 6.45) is 3.44. The molecule has 1 N–H and O–H groups in total. The fourth-order valence-corrected chi connectivity index (χ4v) is 3.95. The average Bonchev–Trinajstić information content (AvgIpc) is 2.81. The largest absolute Gasteiger partial charge is 0.494 e. The summed E-state index contributed by atoms with van der Waals surface area (Å²) in [6, 6.07) is 23.4. The second kappa shape index (κ2) is 9.93. The van der Waals surface area contributed by atoms with Gasteiger partial charge in [0.1, 0.15) is 5.75 Å². The molecule has 3 aromatic carbocycles. The number of nitrogens with zero attached hydrogens (tertiary/aromatic N) is 1. The summed E-state index contributed by atoms with van der Waals surface area (Å²) in [4.78, 5) is 16.5. The van der Waals surface area contributed by atoms with Gasteiger partial charge in [-0.15, -0.1) is 9.24 Å². The van der Waals surface area contributed by atoms with Crippen molar-refractivity contribution in [3.63, 3.8) is 0 Å². The van der Waals surface area contributed by atoms with Crippen molar-refractivity contribution in [2.45, 2.75) is 26.2 Å². The predicted octanol–water partition coefficient (Wildman–Crippen LogP) is 6.34. The third-order valence-corrected chi connectivity index (χ3v) is 5.81. The topological polar surface area (TPSA) is 59.4 Å². The van der Waals surface area contributed by atoms with Gasteiger partial charge in [0.05, 0.1) is 23.4 Å². The fourth-order valence-electron chi connectivity index (χ4n) is 3.69. The van der Waals surface area contributed by atoms with Crippen molar-refractivity contribution in [2.75, 3.05) is 6.61 Å². The zero-order valence-corrected chi connectivity index (χ0v) is 19.2. The van der Waals surface area contributed by atoms with Gasteiger partial charge in [-0.25, -0.2) is 9.78 Å². The van der Waals surface area contributed by atoms with Gasteiger partial charge in [0.15, 0.2) is 0 Å². The van der Waals surface area contributed by atoms with E-state index in [0.29, 0.717) is 16.6 Å². The number of carboxylic acid groups (broad SMARTS) is 1. The van der Waals surface area contributed by atoms with Gasteiger partial charge in [0, 0.05) is 10.9 Å². The van der Waals surface area contributed by atoms with Gasteiger partial charge < -0.3 is 9.84 Å². The molecule has 162 valence electrons. The maximum atomic E-state index is 11.8. The molecule has 1 aromatic heterocycles. The lowest BCUT2D eigenvalue weighted by atomic mass is 10.0. The molecule has 4 rings (SSSR count). The van der Waals surface area contributed by atoms with Crippen LogP contribution in [0.1, 0.15) is 36.5 Å². The number of carboxylic acids is 1. The van der Waals surface area contributed by atoms with E-state index in [1.54, 1.807) is 6.07 Å². The van der Waals surface area contributed by atoms with Crippen molar-refractivity contribution in [1.29, 1.82) is 0 Å². The molecule has 0 aliphatic rings. The molecular formula is C27H26NO3P. The summed E-state index contributed by atoms with van der Waals surface area (Å²) in [6.45, 7) is 2.93. The summed E-state index contributed by atoms with van der Waals surface area (Å²) in [5.41, 5.74) is 4.64. The van der Waals surface area contributed by atoms with Gasteiger partial charge in [0.25, 0.3) is 0 Å². The van der Waals surface area contributed by atoms with Gasteiger partial charge >= 0.3 is 5.97 Å². The van der Waals surface area contributed by atoms with Crippen LogP contribution in [-0.4, -0.2) is 22.7 Å². The number of hydrogen-bond acceptors (Lipinski definition) is 3. The Hall–Kier alpha value is -3.23. The first-order chi connectivity index (χ1) is 15.5. The molecule has 0 amide bonds. The van der Waals surface area contributed by atoms with E-state index in [9.17, 15) is 9.90 Å². The molecule has 4 nitrogen and oxygen atoms in total. The minimum Gasteiger partial charge on any atom is -0.494 e. The smallest absolute Gasteiger partial charge is 0.336 e. The molecule has 0 aliphatic carbocycles. The summed E-state index contributed by atoms with van der Waals surface area (Å²) in [7, 11) is 2.59. The number of pyridine rings is 1. The molecule has 4 aromatic rings. The highest BCUT2D eigenvalue weighted by molar-refractivity contribution is 7.27. The van der Waals surface area contributed by atoms with E-state index in [-0.39, 0.29) is 5.56 Å². The van der Waals surface area contributed by atoms with Gasteiger partial charge in [0.2, 0.25) is 0 Å². The van der Waals surface area contributed by atoms with Crippen LogP contribution in [0.15, 0.2) is 72.8 Å². The summed E-state index contributed by atoms with van der Waals surface area (Å²) >= 11 is 0. The minimum atomic E-state index is -0.956. The maximum Gasteiger partial charge on any atom is 0.336 e. The molecule has 5 heteroatoms. The number of unbranched alkanes of at least 4 members (excludes halogenated alkanes) is 2. The Kier molecular flexibility index (Phi) is 6.82. The Morgan fingerprint density at radius 3 is 2.22 bits per heavy atom. The van der Waals surface area contributed by atoms with Crippen LogP contribution >= 0.6 is 9.24 Å². The molecule has 0 aliphatic heterocycles. The van der Waals surface area contributed by atoms with Gasteiger partial charge in [-0.2, -0.15) is 0 Å². The zero-order valence-electron chi connectivity index (χ0n) is 18.0. The van der Waals surface area contributed by atoms with Crippen molar-refractivity contribution >= 4 is 31.4 Å². The van der Waals surface area contributed by atoms with Crippen LogP contribution < -0.4 is 10.0 Å². The molecule has 0 spiro atoms. The molecule has 0 bridgehead atoms. The van der Waals surface area contributed by atoms with Crippen molar-refractivity contribution in [3.8, 4) is 28.1 Å². The SMILES string of the molecule is CCCCCOc1ccc(-c2ccc(-c3cc(C(=O)O)c4cc(P)ccc4n3)cc2)cc1. The van der Waals surface area contributed by atoms with Crippen LogP contribution in [0.25, 0.3) is 33.3 Å². The Labute approximate surface area is 190 Å². The molecule has 1 unspecified atom stereocenters. The maximum absolute atomic E-state index is 11.8. The normalized spacial score (nSPS) is 10.9. The number of carbonyl (C=O) groups is 1. The molecule has 0 saturated carbocycles. The molecule has 0 saturated heterocycles. The first-order valence-electron chi connectivity index (χ1n) is 10.8. The van der Waals surface area contributed by atoms with E-state index in [4.69, 9.17) is 9.72 Å². The molecule has 1 atom stereocenters. The van der Waals surface area contributed by atoms with E-state index in [2.05, 4.69) is 28.3 Å². The lowest BCUT2D eigenvalue weighted by Gasteiger charge is -2.10. The van der Waals surface area contributed by atoms with E-state index < -0.39 is 5.97 Å². The van der Waals surface area contributed by atoms with E-state index >= 15 is 0 Å². The standard InChI is InChI=1S/C27H26NO3P/c1-2-3-4-15-31-21-11-9-19(10-12-21)18-5-7-20(8-6-18)26-17-24(27(29)30)23-16-22(32)13-14-25(23)28-26/h5-14,16-17H,2-4,15,32H2,1H3,(H,29,30). The number of fused-ring (bicyclic) bond motifs is 1.